The van der Waals surface area contributed by atoms with E-state index in [0.717, 1.165) is 11.1 Å². The van der Waals surface area contributed by atoms with Crippen LogP contribution in [0.25, 0.3) is 22.2 Å². The van der Waals surface area contributed by atoms with Crippen molar-refractivity contribution < 1.29 is 18.7 Å². The number of hydrogen-bond donors (Lipinski definition) is 2. The number of amides is 1. The van der Waals surface area contributed by atoms with Crippen LogP contribution in [-0.4, -0.2) is 33.4 Å². The van der Waals surface area contributed by atoms with Gasteiger partial charge >= 0.3 is 0 Å². The quantitative estimate of drug-likeness (QED) is 0.370. The van der Waals surface area contributed by atoms with E-state index in [0.29, 0.717) is 33.2 Å². The molecule has 0 bridgehead atoms. The Morgan fingerprint density at radius 1 is 1.17 bits per heavy atom. The number of anilines is 1. The molecule has 0 fully saturated rings. The van der Waals surface area contributed by atoms with E-state index in [4.69, 9.17) is 9.47 Å². The minimum atomic E-state index is -0.314. The summed E-state index contributed by atoms with van der Waals surface area (Å²) >= 11 is 1.29. The molecule has 1 aliphatic rings. The Labute approximate surface area is 174 Å². The predicted octanol–water partition coefficient (Wildman–Crippen LogP) is 4.22. The first-order valence-corrected chi connectivity index (χ1v) is 10.1. The molecule has 0 unspecified atom stereocenters. The lowest BCUT2D eigenvalue weighted by Gasteiger charge is -2.06. The molecule has 2 N–H and O–H groups in total. The first-order valence-electron chi connectivity index (χ1n) is 9.08. The van der Waals surface area contributed by atoms with Gasteiger partial charge in [-0.3, -0.25) is 4.79 Å². The number of nitrogens with zero attached hydrogens (tertiary/aromatic N) is 2. The highest BCUT2D eigenvalue weighted by Crippen LogP contribution is 2.35. The van der Waals surface area contributed by atoms with Crippen LogP contribution in [0.1, 0.15) is 0 Å². The van der Waals surface area contributed by atoms with E-state index in [2.05, 4.69) is 20.3 Å². The van der Waals surface area contributed by atoms with Gasteiger partial charge in [-0.2, -0.15) is 0 Å². The number of benzene rings is 2. The van der Waals surface area contributed by atoms with Gasteiger partial charge in [0.25, 0.3) is 0 Å². The van der Waals surface area contributed by atoms with Crippen molar-refractivity contribution in [1.29, 1.82) is 0 Å². The summed E-state index contributed by atoms with van der Waals surface area (Å²) in [6.07, 6.45) is 3.21. The summed E-state index contributed by atoms with van der Waals surface area (Å²) in [5, 5.41) is 3.48. The molecule has 0 radical (unpaired) electrons. The zero-order valence-electron chi connectivity index (χ0n) is 15.5. The largest absolute Gasteiger partial charge is 0.454 e. The molecule has 9 heteroatoms. The summed E-state index contributed by atoms with van der Waals surface area (Å²) in [4.78, 5) is 24.2. The zero-order valence-corrected chi connectivity index (χ0v) is 16.3. The van der Waals surface area contributed by atoms with E-state index in [1.807, 2.05) is 6.07 Å². The van der Waals surface area contributed by atoms with Crippen LogP contribution in [0.15, 0.2) is 60.0 Å². The average Bonchev–Trinajstić information content (AvgIpc) is 3.39. The third-order valence-electron chi connectivity index (χ3n) is 4.56. The summed E-state index contributed by atoms with van der Waals surface area (Å²) in [5.74, 6) is 0.934. The lowest BCUT2D eigenvalue weighted by Crippen LogP contribution is -2.14. The lowest BCUT2D eigenvalue weighted by atomic mass is 10.1. The van der Waals surface area contributed by atoms with Crippen molar-refractivity contribution in [3.8, 4) is 22.6 Å². The Morgan fingerprint density at radius 3 is 2.97 bits per heavy atom. The number of nitrogens with one attached hydrogen (secondary N) is 2. The molecule has 0 atom stereocenters. The van der Waals surface area contributed by atoms with Crippen LogP contribution in [0.3, 0.4) is 0 Å². The number of H-pyrrole nitrogens is 1. The lowest BCUT2D eigenvalue weighted by molar-refractivity contribution is -0.113. The van der Waals surface area contributed by atoms with Gasteiger partial charge in [-0.05, 0) is 29.8 Å². The minimum Gasteiger partial charge on any atom is -0.454 e. The van der Waals surface area contributed by atoms with Crippen LogP contribution in [-0.2, 0) is 4.79 Å². The van der Waals surface area contributed by atoms with Crippen LogP contribution in [0.4, 0.5) is 10.1 Å². The topological polar surface area (TPSA) is 89.1 Å². The summed E-state index contributed by atoms with van der Waals surface area (Å²) in [6.45, 7) is 0.181. The van der Waals surface area contributed by atoms with Crippen molar-refractivity contribution >= 4 is 34.4 Å². The maximum Gasteiger partial charge on any atom is 0.234 e. The monoisotopic (exact) mass is 422 g/mol. The SMILES string of the molecule is O=C(CSc1ncnc2c(-c3cccc(F)c3)c[nH]c12)Nc1ccc2c(c1)OCO2. The molecule has 2 aromatic carbocycles. The summed E-state index contributed by atoms with van der Waals surface area (Å²) in [6, 6.07) is 11.6. The molecule has 30 heavy (non-hydrogen) atoms. The van der Waals surface area contributed by atoms with Crippen molar-refractivity contribution in [3.05, 3.63) is 60.8 Å². The van der Waals surface area contributed by atoms with Gasteiger partial charge in [-0.1, -0.05) is 23.9 Å². The molecule has 1 amide bonds. The fourth-order valence-corrected chi connectivity index (χ4v) is 3.97. The van der Waals surface area contributed by atoms with Crippen LogP contribution >= 0.6 is 11.8 Å². The predicted molar refractivity (Wildman–Crippen MR) is 111 cm³/mol. The number of aromatic nitrogens is 3. The van der Waals surface area contributed by atoms with Crippen molar-refractivity contribution in [3.63, 3.8) is 0 Å². The number of halogens is 1. The third kappa shape index (κ3) is 3.55. The van der Waals surface area contributed by atoms with E-state index in [1.165, 1.54) is 30.2 Å². The van der Waals surface area contributed by atoms with E-state index in [9.17, 15) is 9.18 Å². The highest BCUT2D eigenvalue weighted by molar-refractivity contribution is 8.00. The molecular weight excluding hydrogens is 407 g/mol. The fraction of sp³-hybridized carbons (Fsp3) is 0.0952. The second-order valence-electron chi connectivity index (χ2n) is 6.52. The molecule has 0 saturated heterocycles. The second kappa shape index (κ2) is 7.68. The molecule has 2 aromatic heterocycles. The van der Waals surface area contributed by atoms with Gasteiger partial charge in [0.05, 0.1) is 11.3 Å². The summed E-state index contributed by atoms with van der Waals surface area (Å²) < 4.78 is 24.2. The molecule has 5 rings (SSSR count). The Balaban J connectivity index is 1.31. The number of fused-ring (bicyclic) bond motifs is 2. The first-order chi connectivity index (χ1) is 14.7. The molecule has 4 aromatic rings. The maximum absolute atomic E-state index is 13.6. The van der Waals surface area contributed by atoms with E-state index in [-0.39, 0.29) is 24.3 Å². The van der Waals surface area contributed by atoms with E-state index in [1.54, 1.807) is 30.5 Å². The molecule has 1 aliphatic heterocycles. The number of carbonyl (C=O) groups is 1. The zero-order chi connectivity index (χ0) is 20.5. The Morgan fingerprint density at radius 2 is 2.07 bits per heavy atom. The van der Waals surface area contributed by atoms with Crippen LogP contribution < -0.4 is 14.8 Å². The number of thioether (sulfide) groups is 1. The van der Waals surface area contributed by atoms with Crippen molar-refractivity contribution in [2.75, 3.05) is 17.9 Å². The Kier molecular flexibility index (Phi) is 4.72. The van der Waals surface area contributed by atoms with Gasteiger partial charge in [-0.15, -0.1) is 0 Å². The van der Waals surface area contributed by atoms with Gasteiger partial charge in [-0.25, -0.2) is 14.4 Å². The van der Waals surface area contributed by atoms with Gasteiger partial charge in [0.1, 0.15) is 22.7 Å². The number of hydrogen-bond acceptors (Lipinski definition) is 6. The molecule has 0 spiro atoms. The Hall–Kier alpha value is -3.59. The van der Waals surface area contributed by atoms with Gasteiger partial charge in [0.2, 0.25) is 12.7 Å². The van der Waals surface area contributed by atoms with Crippen LogP contribution in [0.2, 0.25) is 0 Å². The first kappa shape index (κ1) is 18.4. The summed E-state index contributed by atoms with van der Waals surface area (Å²) in [5.41, 5.74) is 3.51. The standard InChI is InChI=1S/C21H15FN4O3S/c22-13-3-1-2-12(6-13)15-8-23-20-19(15)24-10-25-21(20)30-9-18(27)26-14-4-5-16-17(7-14)29-11-28-16/h1-8,10,23H,9,11H2,(H,26,27). The molecule has 7 nitrogen and oxygen atoms in total. The average molecular weight is 422 g/mol. The van der Waals surface area contributed by atoms with Gasteiger partial charge in [0.15, 0.2) is 11.5 Å². The van der Waals surface area contributed by atoms with E-state index >= 15 is 0 Å². The molecule has 3 heterocycles. The number of rotatable bonds is 5. The highest BCUT2D eigenvalue weighted by Gasteiger charge is 2.16. The van der Waals surface area contributed by atoms with E-state index < -0.39 is 0 Å². The fourth-order valence-electron chi connectivity index (χ4n) is 3.21. The highest BCUT2D eigenvalue weighted by atomic mass is 32.2. The van der Waals surface area contributed by atoms with Crippen molar-refractivity contribution in [2.24, 2.45) is 0 Å². The smallest absolute Gasteiger partial charge is 0.234 e. The Bertz CT molecular complexity index is 1260. The molecular formula is C21H15FN4O3S. The molecule has 0 saturated carbocycles. The van der Waals surface area contributed by atoms with Gasteiger partial charge < -0.3 is 19.8 Å². The third-order valence-corrected chi connectivity index (χ3v) is 5.55. The number of ether oxygens (including phenoxy) is 2. The summed E-state index contributed by atoms with van der Waals surface area (Å²) in [7, 11) is 0. The number of aromatic amines is 1. The van der Waals surface area contributed by atoms with Crippen molar-refractivity contribution in [1.82, 2.24) is 15.0 Å². The van der Waals surface area contributed by atoms with Crippen LogP contribution in [0, 0.1) is 5.82 Å². The number of carbonyl (C=O) groups excluding carboxylic acids is 1. The maximum atomic E-state index is 13.6. The van der Waals surface area contributed by atoms with Crippen molar-refractivity contribution in [2.45, 2.75) is 5.03 Å². The van der Waals surface area contributed by atoms with Gasteiger partial charge in [0, 0.05) is 23.5 Å². The second-order valence-corrected chi connectivity index (χ2v) is 7.48. The molecule has 0 aliphatic carbocycles. The normalized spacial score (nSPS) is 12.3. The van der Waals surface area contributed by atoms with Crippen LogP contribution in [0.5, 0.6) is 11.5 Å². The minimum absolute atomic E-state index is 0.162. The molecule has 150 valence electrons.